The Morgan fingerprint density at radius 3 is 2.95 bits per heavy atom. The van der Waals surface area contributed by atoms with Gasteiger partial charge in [0, 0.05) is 17.8 Å². The third-order valence-electron chi connectivity index (χ3n) is 4.38. The zero-order valence-electron chi connectivity index (χ0n) is 11.7. The van der Waals surface area contributed by atoms with Crippen LogP contribution >= 0.6 is 11.3 Å². The molecule has 1 heterocycles. The van der Waals surface area contributed by atoms with E-state index < -0.39 is 0 Å². The van der Waals surface area contributed by atoms with Crippen molar-refractivity contribution in [3.8, 4) is 0 Å². The molecule has 0 saturated heterocycles. The van der Waals surface area contributed by atoms with Crippen LogP contribution in [0.15, 0.2) is 30.3 Å². The Labute approximate surface area is 123 Å². The van der Waals surface area contributed by atoms with Gasteiger partial charge in [0.05, 0.1) is 4.88 Å². The van der Waals surface area contributed by atoms with Gasteiger partial charge in [-0.3, -0.25) is 4.79 Å². The minimum absolute atomic E-state index is 0.136. The average molecular weight is 288 g/mol. The minimum Gasteiger partial charge on any atom is -0.338 e. The lowest BCUT2D eigenvalue weighted by Crippen LogP contribution is -2.41. The number of nitrogens with two attached hydrogens (primary N) is 1. The second-order valence-corrected chi connectivity index (χ2v) is 6.64. The molecule has 0 bridgehead atoms. The van der Waals surface area contributed by atoms with E-state index in [0.717, 1.165) is 23.1 Å². The van der Waals surface area contributed by atoms with Gasteiger partial charge >= 0.3 is 0 Å². The van der Waals surface area contributed by atoms with Gasteiger partial charge in [-0.2, -0.15) is 0 Å². The van der Waals surface area contributed by atoms with Gasteiger partial charge in [-0.25, -0.2) is 0 Å². The van der Waals surface area contributed by atoms with Crippen LogP contribution in [0.25, 0.3) is 10.1 Å². The van der Waals surface area contributed by atoms with Crippen molar-refractivity contribution < 1.29 is 4.79 Å². The molecule has 1 aromatic carbocycles. The highest BCUT2D eigenvalue weighted by Crippen LogP contribution is 2.31. The molecule has 4 heteroatoms. The first-order chi connectivity index (χ1) is 9.70. The van der Waals surface area contributed by atoms with Gasteiger partial charge in [-0.05, 0) is 42.8 Å². The largest absolute Gasteiger partial charge is 0.338 e. The van der Waals surface area contributed by atoms with Crippen molar-refractivity contribution in [1.82, 2.24) is 4.90 Å². The Morgan fingerprint density at radius 1 is 1.40 bits per heavy atom. The number of amides is 1. The molecule has 2 unspecified atom stereocenters. The van der Waals surface area contributed by atoms with Gasteiger partial charge in [0.15, 0.2) is 0 Å². The van der Waals surface area contributed by atoms with Crippen molar-refractivity contribution in [2.45, 2.75) is 25.3 Å². The Bertz CT molecular complexity index is 589. The van der Waals surface area contributed by atoms with Gasteiger partial charge < -0.3 is 10.6 Å². The van der Waals surface area contributed by atoms with Crippen molar-refractivity contribution in [2.75, 3.05) is 13.6 Å². The zero-order valence-corrected chi connectivity index (χ0v) is 12.5. The number of carbonyl (C=O) groups excluding carboxylic acids is 1. The lowest BCUT2D eigenvalue weighted by Gasteiger charge is -2.28. The van der Waals surface area contributed by atoms with Crippen LogP contribution in [0.1, 0.15) is 28.9 Å². The van der Waals surface area contributed by atoms with Gasteiger partial charge in [0.25, 0.3) is 5.91 Å². The molecule has 20 heavy (non-hydrogen) atoms. The summed E-state index contributed by atoms with van der Waals surface area (Å²) in [6.07, 6.45) is 3.40. The number of carbonyl (C=O) groups is 1. The molecule has 2 aromatic rings. The minimum atomic E-state index is 0.136. The SMILES string of the molecule is CN(C(=O)c1cc2ccccc2s1)C1CCCC1CN. The molecule has 0 aliphatic heterocycles. The third kappa shape index (κ3) is 2.34. The van der Waals surface area contributed by atoms with Crippen molar-refractivity contribution in [1.29, 1.82) is 0 Å². The maximum Gasteiger partial charge on any atom is 0.263 e. The van der Waals surface area contributed by atoms with Crippen molar-refractivity contribution in [3.05, 3.63) is 35.2 Å². The second kappa shape index (κ2) is 5.54. The molecular weight excluding hydrogens is 268 g/mol. The first-order valence-corrected chi connectivity index (χ1v) is 7.98. The molecule has 0 spiro atoms. The molecule has 1 amide bonds. The van der Waals surface area contributed by atoms with E-state index in [0.29, 0.717) is 18.5 Å². The summed E-state index contributed by atoms with van der Waals surface area (Å²) in [5.41, 5.74) is 5.83. The Balaban J connectivity index is 1.84. The Morgan fingerprint density at radius 2 is 2.20 bits per heavy atom. The molecule has 106 valence electrons. The number of nitrogens with zero attached hydrogens (tertiary/aromatic N) is 1. The molecule has 1 saturated carbocycles. The molecule has 0 radical (unpaired) electrons. The van der Waals surface area contributed by atoms with E-state index >= 15 is 0 Å². The molecule has 1 aliphatic carbocycles. The zero-order chi connectivity index (χ0) is 14.1. The van der Waals surface area contributed by atoms with E-state index in [9.17, 15) is 4.79 Å². The molecule has 1 aromatic heterocycles. The Hall–Kier alpha value is -1.39. The van der Waals surface area contributed by atoms with E-state index in [1.54, 1.807) is 11.3 Å². The van der Waals surface area contributed by atoms with E-state index in [-0.39, 0.29) is 5.91 Å². The number of rotatable bonds is 3. The van der Waals surface area contributed by atoms with Gasteiger partial charge in [0.2, 0.25) is 0 Å². The van der Waals surface area contributed by atoms with Gasteiger partial charge in [-0.1, -0.05) is 24.6 Å². The van der Waals surface area contributed by atoms with E-state index in [2.05, 4.69) is 12.1 Å². The fourth-order valence-corrected chi connectivity index (χ4v) is 4.26. The topological polar surface area (TPSA) is 46.3 Å². The van der Waals surface area contributed by atoms with E-state index in [4.69, 9.17) is 5.73 Å². The van der Waals surface area contributed by atoms with Crippen LogP contribution in [0.3, 0.4) is 0 Å². The average Bonchev–Trinajstić information content (AvgIpc) is 3.11. The van der Waals surface area contributed by atoms with E-state index in [1.165, 1.54) is 11.1 Å². The summed E-state index contributed by atoms with van der Waals surface area (Å²) in [7, 11) is 1.92. The monoisotopic (exact) mass is 288 g/mol. The summed E-state index contributed by atoms with van der Waals surface area (Å²) in [5, 5.41) is 1.15. The van der Waals surface area contributed by atoms with E-state index in [1.807, 2.05) is 30.1 Å². The van der Waals surface area contributed by atoms with Crippen molar-refractivity contribution >= 4 is 27.3 Å². The van der Waals surface area contributed by atoms with Gasteiger partial charge in [0.1, 0.15) is 0 Å². The quantitative estimate of drug-likeness (QED) is 0.943. The third-order valence-corrected chi connectivity index (χ3v) is 5.48. The molecular formula is C16H20N2OS. The fourth-order valence-electron chi connectivity index (χ4n) is 3.21. The highest BCUT2D eigenvalue weighted by Gasteiger charge is 2.32. The molecule has 3 nitrogen and oxygen atoms in total. The maximum atomic E-state index is 12.7. The van der Waals surface area contributed by atoms with Crippen LogP contribution in [0.4, 0.5) is 0 Å². The van der Waals surface area contributed by atoms with Crippen LogP contribution in [0.2, 0.25) is 0 Å². The highest BCUT2D eigenvalue weighted by atomic mass is 32.1. The Kier molecular flexibility index (Phi) is 3.76. The number of hydrogen-bond donors (Lipinski definition) is 1. The molecule has 1 fully saturated rings. The van der Waals surface area contributed by atoms with Crippen LogP contribution in [-0.4, -0.2) is 30.4 Å². The second-order valence-electron chi connectivity index (χ2n) is 5.56. The van der Waals surface area contributed by atoms with Crippen molar-refractivity contribution in [3.63, 3.8) is 0 Å². The number of benzene rings is 1. The summed E-state index contributed by atoms with van der Waals surface area (Å²) in [5.74, 6) is 0.592. The highest BCUT2D eigenvalue weighted by molar-refractivity contribution is 7.20. The summed E-state index contributed by atoms with van der Waals surface area (Å²) in [6.45, 7) is 0.675. The first kappa shape index (κ1) is 13.6. The maximum absolute atomic E-state index is 12.7. The summed E-state index contributed by atoms with van der Waals surface area (Å²) >= 11 is 1.58. The molecule has 2 N–H and O–H groups in total. The predicted molar refractivity (Wildman–Crippen MR) is 84.1 cm³/mol. The summed E-state index contributed by atoms with van der Waals surface area (Å²) in [4.78, 5) is 15.4. The molecule has 1 aliphatic rings. The van der Waals surface area contributed by atoms with Crippen LogP contribution in [-0.2, 0) is 0 Å². The molecule has 3 rings (SSSR count). The smallest absolute Gasteiger partial charge is 0.263 e. The fraction of sp³-hybridized carbons (Fsp3) is 0.438. The summed E-state index contributed by atoms with van der Waals surface area (Å²) < 4.78 is 1.17. The lowest BCUT2D eigenvalue weighted by atomic mass is 10.0. The number of fused-ring (bicyclic) bond motifs is 1. The standard InChI is InChI=1S/C16H20N2OS/c1-18(13-7-4-6-12(13)10-17)16(19)15-9-11-5-2-3-8-14(11)20-15/h2-3,5,8-9,12-13H,4,6-7,10,17H2,1H3. The molecule has 2 atom stereocenters. The van der Waals surface area contributed by atoms with Crippen LogP contribution in [0, 0.1) is 5.92 Å². The van der Waals surface area contributed by atoms with Crippen LogP contribution in [0.5, 0.6) is 0 Å². The first-order valence-electron chi connectivity index (χ1n) is 7.16. The normalized spacial score (nSPS) is 22.3. The number of hydrogen-bond acceptors (Lipinski definition) is 3. The lowest BCUT2D eigenvalue weighted by molar-refractivity contribution is 0.0705. The van der Waals surface area contributed by atoms with Crippen molar-refractivity contribution in [2.24, 2.45) is 11.7 Å². The summed E-state index contributed by atoms with van der Waals surface area (Å²) in [6, 6.07) is 10.5. The predicted octanol–water partition coefficient (Wildman–Crippen LogP) is 3.10. The number of thiophene rings is 1. The van der Waals surface area contributed by atoms with Gasteiger partial charge in [-0.15, -0.1) is 11.3 Å². The van der Waals surface area contributed by atoms with Crippen LogP contribution < -0.4 is 5.73 Å².